The molecule has 6 nitrogen and oxygen atoms in total. The largest absolute Gasteiger partial charge is 0.459 e. The number of benzene rings is 1. The van der Waals surface area contributed by atoms with Crippen molar-refractivity contribution in [1.82, 2.24) is 9.80 Å². The molecule has 1 aromatic carbocycles. The van der Waals surface area contributed by atoms with Crippen LogP contribution in [0.5, 0.6) is 0 Å². The Morgan fingerprint density at radius 1 is 0.923 bits per heavy atom. The number of furan rings is 1. The normalized spacial score (nSPS) is 14.3. The van der Waals surface area contributed by atoms with Crippen LogP contribution in [0.25, 0.3) is 0 Å². The lowest BCUT2D eigenvalue weighted by Crippen LogP contribution is -2.50. The number of Topliss-reactive ketones (excluding diaryl/α,β-unsaturated/α-hetero) is 1. The first-order chi connectivity index (χ1) is 12.5. The van der Waals surface area contributed by atoms with Gasteiger partial charge in [0, 0.05) is 49.1 Å². The van der Waals surface area contributed by atoms with Crippen LogP contribution in [-0.2, 0) is 4.79 Å². The minimum absolute atomic E-state index is 0.0440. The molecule has 0 spiro atoms. The summed E-state index contributed by atoms with van der Waals surface area (Å²) in [6, 6.07) is 10.4. The van der Waals surface area contributed by atoms with Gasteiger partial charge < -0.3 is 14.2 Å². The van der Waals surface area contributed by atoms with E-state index in [-0.39, 0.29) is 30.4 Å². The van der Waals surface area contributed by atoms with Crippen molar-refractivity contribution in [2.45, 2.75) is 12.8 Å². The monoisotopic (exact) mass is 418 g/mol. The maximum Gasteiger partial charge on any atom is 0.289 e. The summed E-state index contributed by atoms with van der Waals surface area (Å²) < 4.78 is 6.03. The summed E-state index contributed by atoms with van der Waals surface area (Å²) in [7, 11) is 0. The molecule has 2 aromatic rings. The highest BCUT2D eigenvalue weighted by atomic mass is 79.9. The molecule has 136 valence electrons. The minimum Gasteiger partial charge on any atom is -0.459 e. The number of halogens is 1. The summed E-state index contributed by atoms with van der Waals surface area (Å²) in [6.45, 7) is 1.87. The second-order valence-corrected chi connectivity index (χ2v) is 7.00. The van der Waals surface area contributed by atoms with Gasteiger partial charge in [0.15, 0.2) is 11.5 Å². The molecule has 0 atom stereocenters. The van der Waals surface area contributed by atoms with E-state index < -0.39 is 0 Å². The zero-order chi connectivity index (χ0) is 18.5. The molecule has 0 saturated carbocycles. The maximum atomic E-state index is 12.3. The van der Waals surface area contributed by atoms with Gasteiger partial charge in [0.25, 0.3) is 5.91 Å². The first-order valence-electron chi connectivity index (χ1n) is 8.44. The van der Waals surface area contributed by atoms with E-state index in [9.17, 15) is 14.4 Å². The minimum atomic E-state index is -0.160. The average Bonchev–Trinajstić information content (AvgIpc) is 3.20. The van der Waals surface area contributed by atoms with Gasteiger partial charge in [-0.15, -0.1) is 0 Å². The van der Waals surface area contributed by atoms with Crippen LogP contribution in [-0.4, -0.2) is 53.6 Å². The van der Waals surface area contributed by atoms with Crippen LogP contribution in [0.2, 0.25) is 0 Å². The summed E-state index contributed by atoms with van der Waals surface area (Å²) in [6.07, 6.45) is 1.84. The molecule has 26 heavy (non-hydrogen) atoms. The second kappa shape index (κ2) is 8.31. The summed E-state index contributed by atoms with van der Waals surface area (Å²) in [4.78, 5) is 40.1. The van der Waals surface area contributed by atoms with Crippen molar-refractivity contribution < 1.29 is 18.8 Å². The Hall–Kier alpha value is -2.41. The topological polar surface area (TPSA) is 70.8 Å². The molecule has 0 radical (unpaired) electrons. The first kappa shape index (κ1) is 18.4. The fraction of sp³-hybridized carbons (Fsp3) is 0.316. The van der Waals surface area contributed by atoms with Crippen molar-refractivity contribution in [2.75, 3.05) is 26.2 Å². The average molecular weight is 419 g/mol. The van der Waals surface area contributed by atoms with Crippen LogP contribution in [0, 0.1) is 0 Å². The molecule has 0 aliphatic carbocycles. The Labute approximate surface area is 159 Å². The quantitative estimate of drug-likeness (QED) is 0.699. The standard InChI is InChI=1S/C19H19BrN2O4/c20-15-5-3-14(4-6-15)16(23)7-8-18(24)21-9-11-22(12-10-21)19(25)17-2-1-13-26-17/h1-6,13H,7-12H2. The Balaban J connectivity index is 1.45. The van der Waals surface area contributed by atoms with E-state index in [1.165, 1.54) is 6.26 Å². The van der Waals surface area contributed by atoms with Gasteiger partial charge in [0.05, 0.1) is 6.26 Å². The molecule has 7 heteroatoms. The predicted molar refractivity (Wildman–Crippen MR) is 98.9 cm³/mol. The molecule has 0 bridgehead atoms. The lowest BCUT2D eigenvalue weighted by molar-refractivity contribution is -0.132. The van der Waals surface area contributed by atoms with Crippen LogP contribution in [0.4, 0.5) is 0 Å². The van der Waals surface area contributed by atoms with Gasteiger partial charge in [0.2, 0.25) is 5.91 Å². The van der Waals surface area contributed by atoms with Crippen molar-refractivity contribution in [1.29, 1.82) is 0 Å². The summed E-state index contributed by atoms with van der Waals surface area (Å²) in [5.41, 5.74) is 0.606. The lowest BCUT2D eigenvalue weighted by atomic mass is 10.1. The third-order valence-electron chi connectivity index (χ3n) is 4.38. The summed E-state index contributed by atoms with van der Waals surface area (Å²) in [5.74, 6) is 0.0513. The van der Waals surface area contributed by atoms with Crippen molar-refractivity contribution in [3.05, 3.63) is 58.5 Å². The van der Waals surface area contributed by atoms with E-state index in [4.69, 9.17) is 4.42 Å². The highest BCUT2D eigenvalue weighted by Crippen LogP contribution is 2.14. The molecule has 0 unspecified atom stereocenters. The van der Waals surface area contributed by atoms with E-state index in [1.807, 2.05) is 12.1 Å². The molecule has 3 rings (SSSR count). The van der Waals surface area contributed by atoms with Gasteiger partial charge in [-0.1, -0.05) is 28.1 Å². The fourth-order valence-electron chi connectivity index (χ4n) is 2.87. The fourth-order valence-corrected chi connectivity index (χ4v) is 3.14. The van der Waals surface area contributed by atoms with Crippen molar-refractivity contribution >= 4 is 33.5 Å². The number of hydrogen-bond donors (Lipinski definition) is 0. The third-order valence-corrected chi connectivity index (χ3v) is 4.91. The van der Waals surface area contributed by atoms with Crippen molar-refractivity contribution in [3.63, 3.8) is 0 Å². The number of ketones is 1. The maximum absolute atomic E-state index is 12.3. The van der Waals surface area contributed by atoms with Gasteiger partial charge in [-0.3, -0.25) is 14.4 Å². The Kier molecular flexibility index (Phi) is 5.88. The highest BCUT2D eigenvalue weighted by molar-refractivity contribution is 9.10. The smallest absolute Gasteiger partial charge is 0.289 e. The number of carbonyl (C=O) groups is 3. The molecule has 0 N–H and O–H groups in total. The van der Waals surface area contributed by atoms with Crippen molar-refractivity contribution in [2.24, 2.45) is 0 Å². The molecule has 1 aromatic heterocycles. The molecule has 2 heterocycles. The van der Waals surface area contributed by atoms with Gasteiger partial charge >= 0.3 is 0 Å². The van der Waals surface area contributed by atoms with Gasteiger partial charge in [-0.05, 0) is 24.3 Å². The van der Waals surface area contributed by atoms with Crippen LogP contribution < -0.4 is 0 Å². The molecule has 1 saturated heterocycles. The van der Waals surface area contributed by atoms with Gasteiger partial charge in [-0.25, -0.2) is 0 Å². The van der Waals surface area contributed by atoms with E-state index in [0.29, 0.717) is 37.5 Å². The van der Waals surface area contributed by atoms with E-state index in [0.717, 1.165) is 4.47 Å². The number of nitrogens with zero attached hydrogens (tertiary/aromatic N) is 2. The number of amides is 2. The SMILES string of the molecule is O=C(CCC(=O)N1CCN(C(=O)c2ccco2)CC1)c1ccc(Br)cc1. The third kappa shape index (κ3) is 4.40. The molecule has 1 aliphatic rings. The second-order valence-electron chi connectivity index (χ2n) is 6.08. The number of piperazine rings is 1. The van der Waals surface area contributed by atoms with E-state index in [1.54, 1.807) is 34.1 Å². The summed E-state index contributed by atoms with van der Waals surface area (Å²) >= 11 is 3.33. The van der Waals surface area contributed by atoms with E-state index in [2.05, 4.69) is 15.9 Å². The Bertz CT molecular complexity index is 778. The number of carbonyl (C=O) groups excluding carboxylic acids is 3. The predicted octanol–water partition coefficient (Wildman–Crippen LogP) is 2.99. The molecular formula is C19H19BrN2O4. The number of rotatable bonds is 5. The molecular weight excluding hydrogens is 400 g/mol. The van der Waals surface area contributed by atoms with Crippen LogP contribution in [0.15, 0.2) is 51.6 Å². The Morgan fingerprint density at radius 3 is 2.19 bits per heavy atom. The van der Waals surface area contributed by atoms with Gasteiger partial charge in [0.1, 0.15) is 0 Å². The Morgan fingerprint density at radius 2 is 1.58 bits per heavy atom. The molecule has 1 fully saturated rings. The van der Waals surface area contributed by atoms with Gasteiger partial charge in [-0.2, -0.15) is 0 Å². The van der Waals surface area contributed by atoms with Crippen LogP contribution >= 0.6 is 15.9 Å². The molecule has 2 amide bonds. The highest BCUT2D eigenvalue weighted by Gasteiger charge is 2.26. The molecule has 1 aliphatic heterocycles. The summed E-state index contributed by atoms with van der Waals surface area (Å²) in [5, 5.41) is 0. The van der Waals surface area contributed by atoms with Crippen LogP contribution in [0.3, 0.4) is 0 Å². The first-order valence-corrected chi connectivity index (χ1v) is 9.23. The number of hydrogen-bond acceptors (Lipinski definition) is 4. The zero-order valence-electron chi connectivity index (χ0n) is 14.2. The lowest BCUT2D eigenvalue weighted by Gasteiger charge is -2.34. The van der Waals surface area contributed by atoms with Crippen LogP contribution in [0.1, 0.15) is 33.8 Å². The van der Waals surface area contributed by atoms with Crippen molar-refractivity contribution in [3.8, 4) is 0 Å². The van der Waals surface area contributed by atoms with E-state index >= 15 is 0 Å². The zero-order valence-corrected chi connectivity index (χ0v) is 15.8.